The predicted molar refractivity (Wildman–Crippen MR) is 94.1 cm³/mol. The quantitative estimate of drug-likeness (QED) is 0.901. The van der Waals surface area contributed by atoms with Crippen LogP contribution < -0.4 is 5.32 Å². The number of likely N-dealkylation sites (tertiary alicyclic amines) is 1. The summed E-state index contributed by atoms with van der Waals surface area (Å²) in [6, 6.07) is 10.5. The molecule has 1 N–H and O–H groups in total. The molecule has 3 atom stereocenters. The summed E-state index contributed by atoms with van der Waals surface area (Å²) in [5.74, 6) is 0.785. The molecule has 0 radical (unpaired) electrons. The van der Waals surface area contributed by atoms with E-state index in [-0.39, 0.29) is 30.5 Å². The highest BCUT2D eigenvalue weighted by molar-refractivity contribution is 5.85. The molecule has 0 aliphatic carbocycles. The molecule has 0 bridgehead atoms. The Hall–Kier alpha value is -1.10. The van der Waals surface area contributed by atoms with E-state index in [1.165, 1.54) is 5.56 Å². The lowest BCUT2D eigenvalue weighted by atomic mass is 9.92. The Balaban J connectivity index is 0.00000192. The lowest BCUT2D eigenvalue weighted by molar-refractivity contribution is -0.139. The molecule has 2 heterocycles. The Bertz CT molecular complexity index is 497. The molecule has 0 spiro atoms. The van der Waals surface area contributed by atoms with Gasteiger partial charge in [-0.2, -0.15) is 0 Å². The van der Waals surface area contributed by atoms with Gasteiger partial charge in [-0.3, -0.25) is 4.79 Å². The second-order valence-corrected chi connectivity index (χ2v) is 6.37. The largest absolute Gasteiger partial charge is 0.375 e. The van der Waals surface area contributed by atoms with Crippen LogP contribution in [0, 0.1) is 0 Å². The van der Waals surface area contributed by atoms with Crippen molar-refractivity contribution in [3.05, 3.63) is 35.9 Å². The molecular formula is C18H27ClN2O2. The van der Waals surface area contributed by atoms with E-state index in [4.69, 9.17) is 4.74 Å². The van der Waals surface area contributed by atoms with Crippen LogP contribution in [0.2, 0.25) is 0 Å². The number of morpholine rings is 1. The molecule has 2 saturated heterocycles. The first-order chi connectivity index (χ1) is 10.8. The number of hydrogen-bond donors (Lipinski definition) is 1. The van der Waals surface area contributed by atoms with Crippen LogP contribution in [0.5, 0.6) is 0 Å². The van der Waals surface area contributed by atoms with Gasteiger partial charge in [0.25, 0.3) is 0 Å². The maximum Gasteiger partial charge on any atom is 0.242 e. The van der Waals surface area contributed by atoms with E-state index in [1.807, 2.05) is 11.8 Å². The van der Waals surface area contributed by atoms with Crippen molar-refractivity contribution >= 4 is 18.3 Å². The summed E-state index contributed by atoms with van der Waals surface area (Å²) < 4.78 is 5.61. The first-order valence-electron chi connectivity index (χ1n) is 8.44. The summed E-state index contributed by atoms with van der Waals surface area (Å²) in [6.07, 6.45) is 3.26. The molecule has 5 heteroatoms. The minimum atomic E-state index is -0.179. The van der Waals surface area contributed by atoms with Crippen molar-refractivity contribution in [2.24, 2.45) is 0 Å². The molecule has 2 aliphatic rings. The van der Waals surface area contributed by atoms with Crippen molar-refractivity contribution in [1.82, 2.24) is 10.2 Å². The Morgan fingerprint density at radius 3 is 2.74 bits per heavy atom. The number of amides is 1. The fourth-order valence-electron chi connectivity index (χ4n) is 3.58. The molecule has 128 valence electrons. The van der Waals surface area contributed by atoms with Gasteiger partial charge in [-0.1, -0.05) is 30.3 Å². The van der Waals surface area contributed by atoms with E-state index >= 15 is 0 Å². The van der Waals surface area contributed by atoms with Crippen LogP contribution in [-0.2, 0) is 9.53 Å². The standard InChI is InChI=1S/C18H26N2O2.ClH/c1-14-17(19-10-13-22-14)18(21)20-11-5-8-16(9-12-20)15-6-3-2-4-7-15;/h2-4,6-7,14,16-17,19H,5,8-13H2,1H3;1H/t14-,16?,17+;/m1./s1. The number of halogens is 1. The van der Waals surface area contributed by atoms with E-state index in [0.717, 1.165) is 38.9 Å². The molecule has 0 saturated carbocycles. The average molecular weight is 339 g/mol. The Kier molecular flexibility index (Phi) is 6.88. The monoisotopic (exact) mass is 338 g/mol. The minimum Gasteiger partial charge on any atom is -0.375 e. The maximum atomic E-state index is 12.7. The van der Waals surface area contributed by atoms with Gasteiger partial charge < -0.3 is 15.0 Å². The second kappa shape index (κ2) is 8.67. The van der Waals surface area contributed by atoms with Crippen molar-refractivity contribution in [3.8, 4) is 0 Å². The SMILES string of the molecule is C[C@H]1OCCN[C@@H]1C(=O)N1CCCC(c2ccccc2)CC1.Cl. The van der Waals surface area contributed by atoms with E-state index in [1.54, 1.807) is 0 Å². The predicted octanol–water partition coefficient (Wildman–Crippen LogP) is 2.58. The average Bonchev–Trinajstić information content (AvgIpc) is 2.81. The molecule has 0 aromatic heterocycles. The summed E-state index contributed by atoms with van der Waals surface area (Å²) in [7, 11) is 0. The highest BCUT2D eigenvalue weighted by Crippen LogP contribution is 2.28. The molecule has 1 amide bonds. The van der Waals surface area contributed by atoms with Crippen LogP contribution in [0.4, 0.5) is 0 Å². The molecule has 3 rings (SSSR count). The van der Waals surface area contributed by atoms with Crippen LogP contribution in [0.15, 0.2) is 30.3 Å². The first-order valence-corrected chi connectivity index (χ1v) is 8.44. The van der Waals surface area contributed by atoms with Crippen LogP contribution in [0.1, 0.15) is 37.7 Å². The van der Waals surface area contributed by atoms with Crippen molar-refractivity contribution < 1.29 is 9.53 Å². The Morgan fingerprint density at radius 1 is 1.22 bits per heavy atom. The Labute approximate surface area is 145 Å². The molecule has 2 aliphatic heterocycles. The number of benzene rings is 1. The number of ether oxygens (including phenoxy) is 1. The van der Waals surface area contributed by atoms with Gasteiger partial charge in [0.05, 0.1) is 12.7 Å². The normalized spacial score (nSPS) is 28.6. The van der Waals surface area contributed by atoms with E-state index in [9.17, 15) is 4.79 Å². The molecule has 2 fully saturated rings. The van der Waals surface area contributed by atoms with Crippen LogP contribution >= 0.6 is 12.4 Å². The van der Waals surface area contributed by atoms with Crippen LogP contribution in [-0.4, -0.2) is 49.2 Å². The Morgan fingerprint density at radius 2 is 2.00 bits per heavy atom. The zero-order valence-corrected chi connectivity index (χ0v) is 14.6. The van der Waals surface area contributed by atoms with Gasteiger partial charge in [0.2, 0.25) is 5.91 Å². The zero-order valence-electron chi connectivity index (χ0n) is 13.7. The molecule has 1 unspecified atom stereocenters. The minimum absolute atomic E-state index is 0. The lowest BCUT2D eigenvalue weighted by Crippen LogP contribution is -2.56. The summed E-state index contributed by atoms with van der Waals surface area (Å²) in [5.41, 5.74) is 1.41. The first kappa shape index (κ1) is 18.2. The van der Waals surface area contributed by atoms with Crippen LogP contribution in [0.3, 0.4) is 0 Å². The van der Waals surface area contributed by atoms with Gasteiger partial charge in [0.1, 0.15) is 6.04 Å². The third-order valence-electron chi connectivity index (χ3n) is 4.89. The fourth-order valence-corrected chi connectivity index (χ4v) is 3.58. The zero-order chi connectivity index (χ0) is 15.4. The summed E-state index contributed by atoms with van der Waals surface area (Å²) >= 11 is 0. The number of nitrogens with one attached hydrogen (secondary N) is 1. The molecular weight excluding hydrogens is 312 g/mol. The molecule has 4 nitrogen and oxygen atoms in total. The summed E-state index contributed by atoms with van der Waals surface area (Å²) in [6.45, 7) is 5.16. The fraction of sp³-hybridized carbons (Fsp3) is 0.611. The molecule has 23 heavy (non-hydrogen) atoms. The van der Waals surface area contributed by atoms with Crippen LogP contribution in [0.25, 0.3) is 0 Å². The third kappa shape index (κ3) is 4.46. The van der Waals surface area contributed by atoms with E-state index in [2.05, 4.69) is 35.6 Å². The van der Waals surface area contributed by atoms with Crippen molar-refractivity contribution in [1.29, 1.82) is 0 Å². The highest BCUT2D eigenvalue weighted by Gasteiger charge is 2.32. The van der Waals surface area contributed by atoms with Gasteiger partial charge in [-0.25, -0.2) is 0 Å². The van der Waals surface area contributed by atoms with E-state index in [0.29, 0.717) is 12.5 Å². The lowest BCUT2D eigenvalue weighted by Gasteiger charge is -2.33. The van der Waals surface area contributed by atoms with Gasteiger partial charge in [-0.05, 0) is 37.7 Å². The summed E-state index contributed by atoms with van der Waals surface area (Å²) in [4.78, 5) is 14.8. The second-order valence-electron chi connectivity index (χ2n) is 6.37. The number of hydrogen-bond acceptors (Lipinski definition) is 3. The highest BCUT2D eigenvalue weighted by atomic mass is 35.5. The van der Waals surface area contributed by atoms with Gasteiger partial charge in [0, 0.05) is 19.6 Å². The van der Waals surface area contributed by atoms with E-state index < -0.39 is 0 Å². The van der Waals surface area contributed by atoms with Crippen molar-refractivity contribution in [2.75, 3.05) is 26.2 Å². The summed E-state index contributed by atoms with van der Waals surface area (Å²) in [5, 5.41) is 3.31. The number of carbonyl (C=O) groups excluding carboxylic acids is 1. The number of rotatable bonds is 2. The van der Waals surface area contributed by atoms with Gasteiger partial charge in [-0.15, -0.1) is 12.4 Å². The van der Waals surface area contributed by atoms with Crippen molar-refractivity contribution in [3.63, 3.8) is 0 Å². The van der Waals surface area contributed by atoms with Gasteiger partial charge in [0.15, 0.2) is 0 Å². The molecule has 1 aromatic carbocycles. The molecule has 1 aromatic rings. The number of nitrogens with zero attached hydrogens (tertiary/aromatic N) is 1. The van der Waals surface area contributed by atoms with Crippen molar-refractivity contribution in [2.45, 2.75) is 44.2 Å². The number of carbonyl (C=O) groups is 1. The third-order valence-corrected chi connectivity index (χ3v) is 4.89. The smallest absolute Gasteiger partial charge is 0.242 e. The topological polar surface area (TPSA) is 41.6 Å². The van der Waals surface area contributed by atoms with Gasteiger partial charge >= 0.3 is 0 Å². The maximum absolute atomic E-state index is 12.7.